The fourth-order valence-corrected chi connectivity index (χ4v) is 6.26. The maximum atomic E-state index is 13.9. The van der Waals surface area contributed by atoms with Crippen LogP contribution in [-0.4, -0.2) is 17.3 Å². The molecule has 3 aliphatic rings. The van der Waals surface area contributed by atoms with Crippen LogP contribution in [0.15, 0.2) is 107 Å². The SMILES string of the molecule is O=C1c2ccccc2NC2(CCCCC2)N1c1ccc(C2=NN(c3ccccc3)C(c3ccco3)C2)cc1. The number of carbonyl (C=O) groups is 1. The second-order valence-corrected chi connectivity index (χ2v) is 10.4. The molecule has 38 heavy (non-hydrogen) atoms. The van der Waals surface area contributed by atoms with Crippen LogP contribution in [0.5, 0.6) is 0 Å². The van der Waals surface area contributed by atoms with Gasteiger partial charge in [0, 0.05) is 17.8 Å². The summed E-state index contributed by atoms with van der Waals surface area (Å²) in [6, 6.07) is 30.4. The molecule has 3 aromatic carbocycles. The zero-order valence-electron chi connectivity index (χ0n) is 21.2. The molecule has 1 aromatic heterocycles. The van der Waals surface area contributed by atoms with Crippen LogP contribution in [0.2, 0.25) is 0 Å². The zero-order chi connectivity index (χ0) is 25.5. The van der Waals surface area contributed by atoms with E-state index in [1.165, 1.54) is 6.42 Å². The van der Waals surface area contributed by atoms with Crippen molar-refractivity contribution in [3.05, 3.63) is 114 Å². The molecule has 7 rings (SSSR count). The molecule has 1 N–H and O–H groups in total. The van der Waals surface area contributed by atoms with Gasteiger partial charge in [-0.25, -0.2) is 0 Å². The molecule has 1 aliphatic carbocycles. The molecule has 0 radical (unpaired) electrons. The molecule has 1 atom stereocenters. The Labute approximate surface area is 222 Å². The maximum absolute atomic E-state index is 13.9. The quantitative estimate of drug-likeness (QED) is 0.317. The highest BCUT2D eigenvalue weighted by molar-refractivity contribution is 6.13. The van der Waals surface area contributed by atoms with Crippen molar-refractivity contribution in [1.29, 1.82) is 0 Å². The van der Waals surface area contributed by atoms with Gasteiger partial charge in [-0.05, 0) is 79.8 Å². The van der Waals surface area contributed by atoms with Crippen molar-refractivity contribution in [3.63, 3.8) is 0 Å². The van der Waals surface area contributed by atoms with Crippen molar-refractivity contribution in [3.8, 4) is 0 Å². The van der Waals surface area contributed by atoms with Crippen molar-refractivity contribution in [2.24, 2.45) is 5.10 Å². The van der Waals surface area contributed by atoms with E-state index in [9.17, 15) is 4.79 Å². The van der Waals surface area contributed by atoms with E-state index in [4.69, 9.17) is 9.52 Å². The molecule has 190 valence electrons. The van der Waals surface area contributed by atoms with Crippen LogP contribution in [0, 0.1) is 0 Å². The number of rotatable bonds is 4. The minimum atomic E-state index is -0.384. The van der Waals surface area contributed by atoms with Gasteiger partial charge in [0.1, 0.15) is 17.5 Å². The van der Waals surface area contributed by atoms with Gasteiger partial charge in [0.25, 0.3) is 5.91 Å². The molecule has 0 saturated heterocycles. The highest BCUT2D eigenvalue weighted by Gasteiger charge is 2.46. The number of nitrogens with zero attached hydrogens (tertiary/aromatic N) is 3. The van der Waals surface area contributed by atoms with Crippen LogP contribution in [0.3, 0.4) is 0 Å². The number of hydrogen-bond donors (Lipinski definition) is 1. The third-order valence-electron chi connectivity index (χ3n) is 8.10. The molecule has 1 amide bonds. The van der Waals surface area contributed by atoms with Crippen molar-refractivity contribution in [2.45, 2.75) is 50.2 Å². The van der Waals surface area contributed by atoms with Gasteiger partial charge in [0.15, 0.2) is 0 Å². The van der Waals surface area contributed by atoms with Crippen molar-refractivity contribution in [2.75, 3.05) is 15.2 Å². The van der Waals surface area contributed by atoms with E-state index in [-0.39, 0.29) is 17.6 Å². The van der Waals surface area contributed by atoms with Gasteiger partial charge in [-0.3, -0.25) is 14.7 Å². The summed E-state index contributed by atoms with van der Waals surface area (Å²) in [5, 5.41) is 10.9. The summed E-state index contributed by atoms with van der Waals surface area (Å²) in [6.45, 7) is 0. The Kier molecular flexibility index (Phi) is 5.54. The second kappa shape index (κ2) is 9.21. The minimum Gasteiger partial charge on any atom is -0.467 e. The van der Waals surface area contributed by atoms with Crippen LogP contribution in [-0.2, 0) is 0 Å². The Morgan fingerprint density at radius 1 is 0.816 bits per heavy atom. The van der Waals surface area contributed by atoms with E-state index in [0.717, 1.165) is 71.8 Å². The highest BCUT2D eigenvalue weighted by atomic mass is 16.3. The summed E-state index contributed by atoms with van der Waals surface area (Å²) in [5.74, 6) is 0.965. The molecule has 1 unspecified atom stereocenters. The Hall–Kier alpha value is -4.32. The smallest absolute Gasteiger partial charge is 0.262 e. The number of anilines is 3. The van der Waals surface area contributed by atoms with Gasteiger partial charge in [-0.15, -0.1) is 0 Å². The van der Waals surface area contributed by atoms with Crippen LogP contribution in [0.4, 0.5) is 17.1 Å². The Morgan fingerprint density at radius 3 is 2.34 bits per heavy atom. The molecular formula is C32H30N4O2. The maximum Gasteiger partial charge on any atom is 0.262 e. The molecular weight excluding hydrogens is 472 g/mol. The number of furan rings is 1. The number of nitrogens with one attached hydrogen (secondary N) is 1. The molecule has 1 saturated carbocycles. The highest BCUT2D eigenvalue weighted by Crippen LogP contribution is 2.43. The fraction of sp³-hybridized carbons (Fsp3) is 0.250. The topological polar surface area (TPSA) is 61.1 Å². The molecule has 3 heterocycles. The first kappa shape index (κ1) is 22.8. The summed E-state index contributed by atoms with van der Waals surface area (Å²) >= 11 is 0. The number of benzene rings is 3. The molecule has 1 spiro atoms. The number of amides is 1. The third kappa shape index (κ3) is 3.79. The van der Waals surface area contributed by atoms with E-state index in [1.807, 2.05) is 64.5 Å². The predicted molar refractivity (Wildman–Crippen MR) is 151 cm³/mol. The fourth-order valence-electron chi connectivity index (χ4n) is 6.26. The second-order valence-electron chi connectivity index (χ2n) is 10.4. The van der Waals surface area contributed by atoms with Gasteiger partial charge in [0.05, 0.1) is 23.2 Å². The lowest BCUT2D eigenvalue weighted by molar-refractivity contribution is 0.0938. The van der Waals surface area contributed by atoms with Crippen LogP contribution in [0.25, 0.3) is 0 Å². The van der Waals surface area contributed by atoms with Crippen LogP contribution in [0.1, 0.15) is 66.2 Å². The average Bonchev–Trinajstić information content (AvgIpc) is 3.65. The van der Waals surface area contributed by atoms with Crippen molar-refractivity contribution < 1.29 is 9.21 Å². The molecule has 2 aliphatic heterocycles. The summed E-state index contributed by atoms with van der Waals surface area (Å²) < 4.78 is 5.79. The summed E-state index contributed by atoms with van der Waals surface area (Å²) in [4.78, 5) is 15.9. The largest absolute Gasteiger partial charge is 0.467 e. The van der Waals surface area contributed by atoms with E-state index in [1.54, 1.807) is 6.26 Å². The standard InChI is InChI=1S/C32H30N4O2/c37-31-26-12-5-6-13-27(26)33-32(19-7-2-8-20-32)35(31)24-17-15-23(16-18-24)28-22-29(30-14-9-21-38-30)36(34-28)25-10-3-1-4-11-25/h1,3-6,9-18,21,29,33H,2,7-8,19-20,22H2. The molecule has 6 heteroatoms. The number of para-hydroxylation sites is 2. The number of hydrazone groups is 1. The van der Waals surface area contributed by atoms with Crippen molar-refractivity contribution in [1.82, 2.24) is 0 Å². The van der Waals surface area contributed by atoms with E-state index in [0.29, 0.717) is 0 Å². The first-order valence-corrected chi connectivity index (χ1v) is 13.5. The zero-order valence-corrected chi connectivity index (χ0v) is 21.2. The normalized spacial score (nSPS) is 20.3. The number of fused-ring (bicyclic) bond motifs is 1. The Balaban J connectivity index is 1.23. The van der Waals surface area contributed by atoms with E-state index in [2.05, 4.69) is 41.7 Å². The van der Waals surface area contributed by atoms with E-state index >= 15 is 0 Å². The minimum absolute atomic E-state index is 0.00282. The lowest BCUT2D eigenvalue weighted by atomic mass is 9.84. The molecule has 1 fully saturated rings. The summed E-state index contributed by atoms with van der Waals surface area (Å²) in [5.41, 5.74) is 5.30. The molecule has 6 nitrogen and oxygen atoms in total. The van der Waals surface area contributed by atoms with Gasteiger partial charge in [0.2, 0.25) is 0 Å². The van der Waals surface area contributed by atoms with Gasteiger partial charge in [-0.2, -0.15) is 5.10 Å². The summed E-state index contributed by atoms with van der Waals surface area (Å²) in [7, 11) is 0. The third-order valence-corrected chi connectivity index (χ3v) is 8.10. The molecule has 0 bridgehead atoms. The Morgan fingerprint density at radius 2 is 1.58 bits per heavy atom. The predicted octanol–water partition coefficient (Wildman–Crippen LogP) is 7.37. The van der Waals surface area contributed by atoms with Crippen LogP contribution < -0.4 is 15.2 Å². The number of hydrogen-bond acceptors (Lipinski definition) is 5. The molecule has 4 aromatic rings. The van der Waals surface area contributed by atoms with E-state index < -0.39 is 0 Å². The van der Waals surface area contributed by atoms with Crippen LogP contribution >= 0.6 is 0 Å². The van der Waals surface area contributed by atoms with Gasteiger partial charge in [-0.1, -0.05) is 48.9 Å². The average molecular weight is 503 g/mol. The van der Waals surface area contributed by atoms with Crippen molar-refractivity contribution >= 4 is 28.7 Å². The lowest BCUT2D eigenvalue weighted by Gasteiger charge is -2.50. The first-order valence-electron chi connectivity index (χ1n) is 13.5. The van der Waals surface area contributed by atoms with Gasteiger partial charge >= 0.3 is 0 Å². The number of carbonyl (C=O) groups excluding carboxylic acids is 1. The first-order chi connectivity index (χ1) is 18.7. The lowest BCUT2D eigenvalue weighted by Crippen LogP contribution is -2.61. The Bertz CT molecular complexity index is 1470. The van der Waals surface area contributed by atoms with Gasteiger partial charge < -0.3 is 9.73 Å². The monoisotopic (exact) mass is 502 g/mol. The summed E-state index contributed by atoms with van der Waals surface area (Å²) in [6.07, 6.45) is 7.77.